The lowest BCUT2D eigenvalue weighted by molar-refractivity contribution is 0.0392. The van der Waals surface area contributed by atoms with Crippen LogP contribution in [0.15, 0.2) is 48.5 Å². The van der Waals surface area contributed by atoms with Crippen LogP contribution in [0.5, 0.6) is 5.75 Å². The molecule has 2 N–H and O–H groups in total. The van der Waals surface area contributed by atoms with Crippen LogP contribution in [0, 0.1) is 0 Å². The molecule has 4 rings (SSSR count). The fourth-order valence-corrected chi connectivity index (χ4v) is 4.35. The summed E-state index contributed by atoms with van der Waals surface area (Å²) in [5.41, 5.74) is 3.87. The van der Waals surface area contributed by atoms with E-state index in [9.17, 15) is 4.79 Å². The van der Waals surface area contributed by atoms with Crippen LogP contribution >= 0.6 is 0 Å². The molecule has 1 aliphatic heterocycles. The van der Waals surface area contributed by atoms with Crippen LogP contribution in [0.2, 0.25) is 0 Å². The van der Waals surface area contributed by atoms with Gasteiger partial charge in [-0.1, -0.05) is 45.0 Å². The normalized spacial score (nSPS) is 15.1. The number of hydrogen-bond acceptors (Lipinski definition) is 4. The van der Waals surface area contributed by atoms with Gasteiger partial charge in [0, 0.05) is 43.2 Å². The Hall–Kier alpha value is -2.83. The monoisotopic (exact) mass is 463 g/mol. The van der Waals surface area contributed by atoms with Gasteiger partial charge in [0.25, 0.3) is 5.91 Å². The topological polar surface area (TPSA) is 66.6 Å². The number of carbonyl (C=O) groups excluding carboxylic acids is 1. The highest BCUT2D eigenvalue weighted by Gasteiger charge is 2.18. The first-order valence-corrected chi connectivity index (χ1v) is 12.2. The molecule has 0 bridgehead atoms. The Kier molecular flexibility index (Phi) is 7.59. The molecule has 2 heterocycles. The average Bonchev–Trinajstić information content (AvgIpc) is 3.26. The summed E-state index contributed by atoms with van der Waals surface area (Å²) in [6, 6.07) is 16.7. The Morgan fingerprint density at radius 1 is 1.15 bits per heavy atom. The molecule has 0 unspecified atom stereocenters. The van der Waals surface area contributed by atoms with Crippen molar-refractivity contribution in [1.29, 1.82) is 0 Å². The van der Waals surface area contributed by atoms with Gasteiger partial charge in [0.15, 0.2) is 0 Å². The largest absolute Gasteiger partial charge is 0.492 e. The first kappa shape index (κ1) is 24.3. The van der Waals surface area contributed by atoms with Crippen molar-refractivity contribution in [3.8, 4) is 5.75 Å². The summed E-state index contributed by atoms with van der Waals surface area (Å²) < 4.78 is 11.4. The molecule has 1 aliphatic rings. The van der Waals surface area contributed by atoms with Crippen LogP contribution in [-0.2, 0) is 16.7 Å². The fourth-order valence-electron chi connectivity index (χ4n) is 4.35. The SMILES string of the molecule is CN(CCOc1cccc(CNC(=O)c2cc3ccc(C(C)(C)C)cc3[nH]2)c1)C1CCOCC1. The van der Waals surface area contributed by atoms with Gasteiger partial charge in [0.1, 0.15) is 18.1 Å². The van der Waals surface area contributed by atoms with E-state index in [1.807, 2.05) is 30.3 Å². The zero-order valence-corrected chi connectivity index (χ0v) is 20.8. The number of fused-ring (bicyclic) bond motifs is 1. The van der Waals surface area contributed by atoms with E-state index in [1.165, 1.54) is 5.56 Å². The van der Waals surface area contributed by atoms with Gasteiger partial charge in [0.05, 0.1) is 0 Å². The molecule has 0 atom stereocenters. The molecule has 6 heteroatoms. The second-order valence-corrected chi connectivity index (χ2v) is 10.2. The summed E-state index contributed by atoms with van der Waals surface area (Å²) >= 11 is 0. The molecule has 34 heavy (non-hydrogen) atoms. The molecule has 2 aromatic carbocycles. The van der Waals surface area contributed by atoms with Crippen molar-refractivity contribution in [3.63, 3.8) is 0 Å². The summed E-state index contributed by atoms with van der Waals surface area (Å²) in [5.74, 6) is 0.713. The molecule has 0 spiro atoms. The maximum atomic E-state index is 12.8. The maximum absolute atomic E-state index is 12.8. The number of rotatable bonds is 8. The third-order valence-corrected chi connectivity index (χ3v) is 6.61. The first-order valence-electron chi connectivity index (χ1n) is 12.2. The summed E-state index contributed by atoms with van der Waals surface area (Å²) in [4.78, 5) is 18.4. The number of aromatic amines is 1. The number of likely N-dealkylation sites (N-methyl/N-ethyl adjacent to an activating group) is 1. The van der Waals surface area contributed by atoms with E-state index in [0.29, 0.717) is 24.9 Å². The summed E-state index contributed by atoms with van der Waals surface area (Å²) in [5, 5.41) is 4.06. The zero-order valence-electron chi connectivity index (χ0n) is 20.8. The average molecular weight is 464 g/mol. The molecule has 1 fully saturated rings. The minimum absolute atomic E-state index is 0.0645. The van der Waals surface area contributed by atoms with Gasteiger partial charge in [-0.25, -0.2) is 0 Å². The van der Waals surface area contributed by atoms with Crippen molar-refractivity contribution < 1.29 is 14.3 Å². The minimum atomic E-state index is -0.113. The van der Waals surface area contributed by atoms with Crippen molar-refractivity contribution in [2.75, 3.05) is 33.4 Å². The van der Waals surface area contributed by atoms with Crippen molar-refractivity contribution >= 4 is 16.8 Å². The highest BCUT2D eigenvalue weighted by Crippen LogP contribution is 2.26. The van der Waals surface area contributed by atoms with Gasteiger partial charge in [-0.15, -0.1) is 0 Å². The number of benzene rings is 2. The van der Waals surface area contributed by atoms with E-state index in [-0.39, 0.29) is 11.3 Å². The van der Waals surface area contributed by atoms with Crippen LogP contribution in [0.1, 0.15) is 55.2 Å². The molecule has 182 valence electrons. The molecule has 1 saturated heterocycles. The van der Waals surface area contributed by atoms with Crippen LogP contribution < -0.4 is 10.1 Å². The third-order valence-electron chi connectivity index (χ3n) is 6.61. The van der Waals surface area contributed by atoms with E-state index in [1.54, 1.807) is 0 Å². The third kappa shape index (κ3) is 6.19. The number of ether oxygens (including phenoxy) is 2. The van der Waals surface area contributed by atoms with Crippen LogP contribution in [0.4, 0.5) is 0 Å². The highest BCUT2D eigenvalue weighted by atomic mass is 16.5. The molecule has 3 aromatic rings. The van der Waals surface area contributed by atoms with Gasteiger partial charge < -0.3 is 19.8 Å². The Balaban J connectivity index is 1.29. The van der Waals surface area contributed by atoms with Crippen molar-refractivity contribution in [3.05, 3.63) is 65.4 Å². The second kappa shape index (κ2) is 10.6. The van der Waals surface area contributed by atoms with Gasteiger partial charge >= 0.3 is 0 Å². The number of aromatic nitrogens is 1. The lowest BCUT2D eigenvalue weighted by Crippen LogP contribution is -2.38. The number of nitrogens with zero attached hydrogens (tertiary/aromatic N) is 1. The molecule has 1 amide bonds. The predicted octanol–water partition coefficient (Wildman–Crippen LogP) is 4.89. The van der Waals surface area contributed by atoms with E-state index in [0.717, 1.165) is 54.8 Å². The van der Waals surface area contributed by atoms with Crippen LogP contribution in [0.3, 0.4) is 0 Å². The number of hydrogen-bond donors (Lipinski definition) is 2. The number of H-pyrrole nitrogens is 1. The second-order valence-electron chi connectivity index (χ2n) is 10.2. The lowest BCUT2D eigenvalue weighted by Gasteiger charge is -2.31. The number of carbonyl (C=O) groups is 1. The molecular weight excluding hydrogens is 426 g/mol. The minimum Gasteiger partial charge on any atom is -0.492 e. The number of nitrogens with one attached hydrogen (secondary N) is 2. The molecule has 1 aromatic heterocycles. The van der Waals surface area contributed by atoms with Crippen molar-refractivity contribution in [1.82, 2.24) is 15.2 Å². The number of amides is 1. The lowest BCUT2D eigenvalue weighted by atomic mass is 9.87. The molecule has 0 aliphatic carbocycles. The van der Waals surface area contributed by atoms with Crippen molar-refractivity contribution in [2.24, 2.45) is 0 Å². The fraction of sp³-hybridized carbons (Fsp3) is 0.464. The van der Waals surface area contributed by atoms with E-state index < -0.39 is 0 Å². The van der Waals surface area contributed by atoms with Gasteiger partial charge in [-0.2, -0.15) is 0 Å². The maximum Gasteiger partial charge on any atom is 0.267 e. The standard InChI is InChI=1S/C28H37N3O3/c1-28(2,3)22-9-8-21-17-26(30-25(21)18-22)27(32)29-19-20-6-5-7-24(16-20)34-15-12-31(4)23-10-13-33-14-11-23/h5-9,16-18,23,30H,10-15,19H2,1-4H3,(H,29,32). The van der Waals surface area contributed by atoms with Crippen LogP contribution in [-0.4, -0.2) is 55.2 Å². The smallest absolute Gasteiger partial charge is 0.267 e. The first-order chi connectivity index (χ1) is 16.3. The van der Waals surface area contributed by atoms with E-state index in [4.69, 9.17) is 9.47 Å². The van der Waals surface area contributed by atoms with Crippen molar-refractivity contribution in [2.45, 2.75) is 51.6 Å². The summed E-state index contributed by atoms with van der Waals surface area (Å²) in [7, 11) is 2.15. The molecular formula is C28H37N3O3. The Morgan fingerprint density at radius 2 is 1.94 bits per heavy atom. The van der Waals surface area contributed by atoms with Gasteiger partial charge in [-0.05, 0) is 60.7 Å². The Morgan fingerprint density at radius 3 is 2.71 bits per heavy atom. The Labute approximate surface area is 202 Å². The van der Waals surface area contributed by atoms with Gasteiger partial charge in [0.2, 0.25) is 0 Å². The highest BCUT2D eigenvalue weighted by molar-refractivity contribution is 5.98. The summed E-state index contributed by atoms with van der Waals surface area (Å²) in [6.45, 7) is 10.2. The predicted molar refractivity (Wildman–Crippen MR) is 137 cm³/mol. The van der Waals surface area contributed by atoms with E-state index in [2.05, 4.69) is 61.2 Å². The summed E-state index contributed by atoms with van der Waals surface area (Å²) in [6.07, 6.45) is 2.17. The molecule has 0 saturated carbocycles. The quantitative estimate of drug-likeness (QED) is 0.499. The molecule has 6 nitrogen and oxygen atoms in total. The molecule has 0 radical (unpaired) electrons. The van der Waals surface area contributed by atoms with Crippen LogP contribution in [0.25, 0.3) is 10.9 Å². The zero-order chi connectivity index (χ0) is 24.1. The van der Waals surface area contributed by atoms with E-state index >= 15 is 0 Å². The Bertz CT molecular complexity index is 1110. The van der Waals surface area contributed by atoms with Gasteiger partial charge in [-0.3, -0.25) is 9.69 Å².